The fourth-order valence-electron chi connectivity index (χ4n) is 10.1. The van der Waals surface area contributed by atoms with Gasteiger partial charge in [0.05, 0.1) is 120 Å². The number of aromatic nitrogens is 6. The van der Waals surface area contributed by atoms with Crippen LogP contribution in [0.25, 0.3) is 21.8 Å². The first kappa shape index (κ1) is 43.3. The van der Waals surface area contributed by atoms with Crippen molar-refractivity contribution in [2.75, 3.05) is 99.2 Å². The first-order chi connectivity index (χ1) is 32.1. The molecule has 338 valence electrons. The van der Waals surface area contributed by atoms with Crippen molar-refractivity contribution in [1.82, 2.24) is 40.2 Å². The third-order valence-electron chi connectivity index (χ3n) is 13.9. The summed E-state index contributed by atoms with van der Waals surface area (Å²) >= 11 is 0. The minimum Gasteiger partial charge on any atom is -0.378 e. The number of ether oxygens (including phenoxy) is 2. The van der Waals surface area contributed by atoms with Crippen LogP contribution in [0.4, 0.5) is 27.4 Å². The van der Waals surface area contributed by atoms with E-state index in [-0.39, 0.29) is 29.6 Å². The molecule has 17 heteroatoms. The molecule has 2 aromatic carbocycles. The van der Waals surface area contributed by atoms with Gasteiger partial charge >= 0.3 is 0 Å². The molecule has 0 amide bonds. The minimum absolute atomic E-state index is 0.00456. The Kier molecular flexibility index (Phi) is 12.0. The highest BCUT2D eigenvalue weighted by Crippen LogP contribution is 2.35. The molecule has 8 heterocycles. The number of piperazine rings is 2. The van der Waals surface area contributed by atoms with Crippen molar-refractivity contribution in [3.05, 3.63) is 105 Å². The Balaban J connectivity index is 0.951. The van der Waals surface area contributed by atoms with Gasteiger partial charge in [-0.15, -0.1) is 10.2 Å². The van der Waals surface area contributed by atoms with Crippen LogP contribution < -0.4 is 20.4 Å². The van der Waals surface area contributed by atoms with Crippen molar-refractivity contribution in [3.8, 4) is 12.1 Å². The molecule has 0 unspecified atom stereocenters. The number of nitrogens with one attached hydrogen (secondary N) is 2. The lowest BCUT2D eigenvalue weighted by molar-refractivity contribution is -0.0117. The number of nitrogens with zero attached hydrogens (tertiary/aromatic N) is 12. The van der Waals surface area contributed by atoms with E-state index < -0.39 is 11.9 Å². The lowest BCUT2D eigenvalue weighted by atomic mass is 9.91. The maximum Gasteiger partial charge on any atom is 0.158 e. The third-order valence-corrected chi connectivity index (χ3v) is 13.9. The number of rotatable bonds is 10. The van der Waals surface area contributed by atoms with E-state index in [1.165, 1.54) is 6.07 Å². The van der Waals surface area contributed by atoms with E-state index in [9.17, 15) is 10.5 Å². The van der Waals surface area contributed by atoms with Gasteiger partial charge in [0.25, 0.3) is 0 Å². The number of halogens is 1. The summed E-state index contributed by atoms with van der Waals surface area (Å²) in [5.74, 6) is 0.518. The Morgan fingerprint density at radius 1 is 0.742 bits per heavy atom. The highest BCUT2D eigenvalue weighted by molar-refractivity contribution is 5.93. The number of fused-ring (bicyclic) bond motifs is 4. The molecule has 0 aliphatic carbocycles. The topological polar surface area (TPSA) is 180 Å². The number of aryl methyl sites for hydroxylation is 1. The summed E-state index contributed by atoms with van der Waals surface area (Å²) in [7, 11) is 0. The van der Waals surface area contributed by atoms with Gasteiger partial charge in [0.15, 0.2) is 11.6 Å². The SMILES string of the molecule is Cc1c([C@@H](C)Nc2nnc(C)c3ncc(N4CCN5CCOC[C@@H]5C4)cc23)cc(F)c(Cc2nnc(N[C@H](C)c3cccc(C#N)c3)c3cc(N4CCN5CCOC[C@@H]5C4)cnc23)c1C#N. The van der Waals surface area contributed by atoms with E-state index in [1.807, 2.05) is 58.3 Å². The summed E-state index contributed by atoms with van der Waals surface area (Å²) in [6, 6.07) is 17.6. The van der Waals surface area contributed by atoms with E-state index >= 15 is 4.39 Å². The second-order valence-electron chi connectivity index (χ2n) is 17.9. The van der Waals surface area contributed by atoms with Crippen molar-refractivity contribution in [2.24, 2.45) is 0 Å². The molecule has 0 saturated carbocycles. The van der Waals surface area contributed by atoms with Gasteiger partial charge in [0.2, 0.25) is 0 Å². The summed E-state index contributed by atoms with van der Waals surface area (Å²) in [5, 5.41) is 47.1. The molecule has 4 aliphatic rings. The predicted molar refractivity (Wildman–Crippen MR) is 250 cm³/mol. The first-order valence-electron chi connectivity index (χ1n) is 22.8. The molecule has 0 radical (unpaired) electrons. The highest BCUT2D eigenvalue weighted by Gasteiger charge is 2.32. The van der Waals surface area contributed by atoms with Crippen LogP contribution in [0.5, 0.6) is 0 Å². The predicted octanol–water partition coefficient (Wildman–Crippen LogP) is 5.84. The monoisotopic (exact) mass is 888 g/mol. The molecule has 4 saturated heterocycles. The van der Waals surface area contributed by atoms with Crippen LogP contribution in [-0.4, -0.2) is 131 Å². The van der Waals surface area contributed by atoms with Crippen molar-refractivity contribution < 1.29 is 13.9 Å². The molecule has 6 aromatic rings. The Morgan fingerprint density at radius 2 is 1.36 bits per heavy atom. The summed E-state index contributed by atoms with van der Waals surface area (Å²) in [5.41, 5.74) is 7.59. The summed E-state index contributed by atoms with van der Waals surface area (Å²) in [6.45, 7) is 17.7. The largest absolute Gasteiger partial charge is 0.378 e. The average Bonchev–Trinajstić information content (AvgIpc) is 3.35. The minimum atomic E-state index is -0.525. The second kappa shape index (κ2) is 18.3. The van der Waals surface area contributed by atoms with E-state index in [0.29, 0.717) is 64.5 Å². The van der Waals surface area contributed by atoms with E-state index in [4.69, 9.17) is 24.5 Å². The van der Waals surface area contributed by atoms with Crippen molar-refractivity contribution >= 4 is 44.8 Å². The molecule has 2 N–H and O–H groups in total. The molecule has 4 atom stereocenters. The smallest absolute Gasteiger partial charge is 0.158 e. The van der Waals surface area contributed by atoms with Crippen LogP contribution in [0.3, 0.4) is 0 Å². The maximum absolute atomic E-state index is 16.7. The molecular formula is C49H53FN14O2. The summed E-state index contributed by atoms with van der Waals surface area (Å²) in [6.07, 6.45) is 3.75. The van der Waals surface area contributed by atoms with E-state index in [1.54, 1.807) is 6.07 Å². The van der Waals surface area contributed by atoms with Gasteiger partial charge in [-0.3, -0.25) is 19.8 Å². The fraction of sp³-hybridized carbons (Fsp3) is 0.429. The lowest BCUT2D eigenvalue weighted by Crippen LogP contribution is -2.58. The van der Waals surface area contributed by atoms with Crippen molar-refractivity contribution in [2.45, 2.75) is 58.3 Å². The van der Waals surface area contributed by atoms with Gasteiger partial charge in [-0.05, 0) is 74.7 Å². The zero-order chi connectivity index (χ0) is 45.5. The molecule has 66 heavy (non-hydrogen) atoms. The number of hydrogen-bond donors (Lipinski definition) is 2. The Morgan fingerprint density at radius 3 is 2.02 bits per heavy atom. The summed E-state index contributed by atoms with van der Waals surface area (Å²) < 4.78 is 28.3. The lowest BCUT2D eigenvalue weighted by Gasteiger charge is -2.44. The van der Waals surface area contributed by atoms with Crippen LogP contribution in [0.2, 0.25) is 0 Å². The zero-order valence-electron chi connectivity index (χ0n) is 37.8. The van der Waals surface area contributed by atoms with Crippen molar-refractivity contribution in [3.63, 3.8) is 0 Å². The highest BCUT2D eigenvalue weighted by atomic mass is 19.1. The van der Waals surface area contributed by atoms with E-state index in [2.05, 4.69) is 69.8 Å². The summed E-state index contributed by atoms with van der Waals surface area (Å²) in [4.78, 5) is 19.5. The van der Waals surface area contributed by atoms with E-state index in [0.717, 1.165) is 98.8 Å². The first-order valence-corrected chi connectivity index (χ1v) is 22.8. The quantitative estimate of drug-likeness (QED) is 0.167. The van der Waals surface area contributed by atoms with Crippen LogP contribution >= 0.6 is 0 Å². The normalized spacial score (nSPS) is 20.0. The Bertz CT molecular complexity index is 2900. The number of benzene rings is 2. The fourth-order valence-corrected chi connectivity index (χ4v) is 10.1. The average molecular weight is 889 g/mol. The third kappa shape index (κ3) is 8.39. The number of morpholine rings is 2. The van der Waals surface area contributed by atoms with Crippen LogP contribution in [0.15, 0.2) is 54.9 Å². The van der Waals surface area contributed by atoms with Crippen LogP contribution in [-0.2, 0) is 15.9 Å². The Hall–Kier alpha value is -6.63. The number of nitriles is 2. The van der Waals surface area contributed by atoms with Gasteiger partial charge in [-0.2, -0.15) is 20.7 Å². The molecule has 4 fully saturated rings. The number of pyridine rings is 2. The second-order valence-corrected chi connectivity index (χ2v) is 17.9. The molecule has 4 aliphatic heterocycles. The standard InChI is InChI=1S/C49H53FN14O2/c1-29-39(31(3)56-48-41-17-35(23-53-46(41)32(4)57-59-48)63-10-8-61-12-14-65-27-37(61)25-63)19-44(50)40(43(29)22-52)20-45-47-42(49(60-58-45)55-30(2)34-7-5-6-33(16-34)21-51)18-36(24-54-47)64-11-9-62-13-15-66-28-38(62)26-64/h5-7,16-19,23-24,30-31,37-38H,8-15,20,25-28H2,1-4H3,(H,55,60)(H,56,59)/t30-,31-,37+,38+/m1/s1. The molecule has 10 rings (SSSR count). The van der Waals surface area contributed by atoms with Gasteiger partial charge in [0, 0.05) is 75.1 Å². The van der Waals surface area contributed by atoms with Crippen molar-refractivity contribution in [1.29, 1.82) is 10.5 Å². The zero-order valence-corrected chi connectivity index (χ0v) is 37.8. The van der Waals surface area contributed by atoms with Gasteiger partial charge < -0.3 is 29.9 Å². The molecule has 16 nitrogen and oxygen atoms in total. The molecule has 4 aromatic heterocycles. The van der Waals surface area contributed by atoms with Gasteiger partial charge in [0.1, 0.15) is 5.82 Å². The van der Waals surface area contributed by atoms with Gasteiger partial charge in [-0.1, -0.05) is 12.1 Å². The van der Waals surface area contributed by atoms with Gasteiger partial charge in [-0.25, -0.2) is 4.39 Å². The number of anilines is 4. The Labute approximate surface area is 383 Å². The number of hydrogen-bond acceptors (Lipinski definition) is 16. The maximum atomic E-state index is 16.7. The van der Waals surface area contributed by atoms with Crippen LogP contribution in [0, 0.1) is 42.3 Å². The molecular weight excluding hydrogens is 836 g/mol. The molecule has 0 bridgehead atoms. The van der Waals surface area contributed by atoms with Crippen LogP contribution in [0.1, 0.15) is 70.7 Å². The molecule has 0 spiro atoms.